The average molecular weight is 433 g/mol. The summed E-state index contributed by atoms with van der Waals surface area (Å²) >= 11 is 0. The topological polar surface area (TPSA) is 59.4 Å². The molecule has 1 aliphatic heterocycles. The van der Waals surface area contributed by atoms with Crippen molar-refractivity contribution in [2.24, 2.45) is 0 Å². The Hall–Kier alpha value is -3.12. The molecule has 168 valence electrons. The number of nitrogens with zero attached hydrogens (tertiary/aromatic N) is 3. The van der Waals surface area contributed by atoms with Crippen LogP contribution in [0.5, 0.6) is 5.75 Å². The number of ether oxygens (including phenoxy) is 1. The number of carbonyl (C=O) groups is 1. The third kappa shape index (κ3) is 6.20. The lowest BCUT2D eigenvalue weighted by molar-refractivity contribution is 0.0950. The molecule has 0 atom stereocenters. The van der Waals surface area contributed by atoms with E-state index in [1.807, 2.05) is 42.1 Å². The Morgan fingerprint density at radius 1 is 1.06 bits per heavy atom. The van der Waals surface area contributed by atoms with Gasteiger partial charge in [0.2, 0.25) is 0 Å². The highest BCUT2D eigenvalue weighted by atomic mass is 16.5. The number of aryl methyl sites for hydroxylation is 1. The second kappa shape index (κ2) is 11.0. The standard InChI is InChI=1S/C26H32N4O2/c1-2-30-20-22(19-28-30)18-27-26(31)23-8-10-24(11-9-23)32-25-13-16-29(17-14-25)15-12-21-6-4-3-5-7-21/h3-11,19-20,25H,2,12-18H2,1H3,(H,27,31). The van der Waals surface area contributed by atoms with Gasteiger partial charge in [-0.2, -0.15) is 5.10 Å². The van der Waals surface area contributed by atoms with E-state index >= 15 is 0 Å². The Balaban J connectivity index is 1.19. The van der Waals surface area contributed by atoms with Gasteiger partial charge in [0.15, 0.2) is 0 Å². The van der Waals surface area contributed by atoms with Gasteiger partial charge < -0.3 is 15.0 Å². The quantitative estimate of drug-likeness (QED) is 0.557. The molecule has 1 aliphatic rings. The minimum absolute atomic E-state index is 0.0903. The lowest BCUT2D eigenvalue weighted by Gasteiger charge is -2.32. The van der Waals surface area contributed by atoms with Crippen molar-refractivity contribution in [3.05, 3.63) is 83.7 Å². The molecule has 1 amide bonds. The maximum atomic E-state index is 12.4. The van der Waals surface area contributed by atoms with Crippen LogP contribution in [0.1, 0.15) is 41.3 Å². The molecular weight excluding hydrogens is 400 g/mol. The van der Waals surface area contributed by atoms with Gasteiger partial charge in [-0.15, -0.1) is 0 Å². The van der Waals surface area contributed by atoms with Crippen LogP contribution in [0.2, 0.25) is 0 Å². The Bertz CT molecular complexity index is 977. The van der Waals surface area contributed by atoms with Crippen molar-refractivity contribution in [2.45, 2.75) is 45.4 Å². The summed E-state index contributed by atoms with van der Waals surface area (Å²) < 4.78 is 8.02. The van der Waals surface area contributed by atoms with Gasteiger partial charge >= 0.3 is 0 Å². The maximum Gasteiger partial charge on any atom is 0.251 e. The first-order valence-corrected chi connectivity index (χ1v) is 11.5. The third-order valence-corrected chi connectivity index (χ3v) is 5.98. The number of carbonyl (C=O) groups excluding carboxylic acids is 1. The minimum atomic E-state index is -0.0903. The zero-order valence-electron chi connectivity index (χ0n) is 18.7. The highest BCUT2D eigenvalue weighted by molar-refractivity contribution is 5.94. The van der Waals surface area contributed by atoms with E-state index in [9.17, 15) is 4.79 Å². The van der Waals surface area contributed by atoms with Gasteiger partial charge in [-0.05, 0) is 56.0 Å². The first-order valence-electron chi connectivity index (χ1n) is 11.5. The number of hydrogen-bond donors (Lipinski definition) is 1. The van der Waals surface area contributed by atoms with Crippen molar-refractivity contribution in [1.82, 2.24) is 20.0 Å². The Morgan fingerprint density at radius 3 is 2.50 bits per heavy atom. The smallest absolute Gasteiger partial charge is 0.251 e. The first kappa shape index (κ1) is 22.1. The zero-order chi connectivity index (χ0) is 22.2. The van der Waals surface area contributed by atoms with Gasteiger partial charge in [-0.1, -0.05) is 30.3 Å². The van der Waals surface area contributed by atoms with Crippen LogP contribution in [-0.2, 0) is 19.5 Å². The van der Waals surface area contributed by atoms with Gasteiger partial charge in [0.1, 0.15) is 11.9 Å². The fraction of sp³-hybridized carbons (Fsp3) is 0.385. The number of benzene rings is 2. The third-order valence-electron chi connectivity index (χ3n) is 5.98. The van der Waals surface area contributed by atoms with Crippen LogP contribution < -0.4 is 10.1 Å². The molecule has 0 bridgehead atoms. The van der Waals surface area contributed by atoms with E-state index in [4.69, 9.17) is 4.74 Å². The van der Waals surface area contributed by atoms with Crippen LogP contribution >= 0.6 is 0 Å². The van der Waals surface area contributed by atoms with Crippen LogP contribution in [-0.4, -0.2) is 46.3 Å². The van der Waals surface area contributed by atoms with E-state index in [1.165, 1.54) is 5.56 Å². The van der Waals surface area contributed by atoms with Crippen LogP contribution in [0.15, 0.2) is 67.0 Å². The fourth-order valence-electron chi connectivity index (χ4n) is 4.01. The van der Waals surface area contributed by atoms with E-state index in [0.29, 0.717) is 12.1 Å². The van der Waals surface area contributed by atoms with Crippen molar-refractivity contribution < 1.29 is 9.53 Å². The summed E-state index contributed by atoms with van der Waals surface area (Å²) in [5, 5.41) is 7.17. The summed E-state index contributed by atoms with van der Waals surface area (Å²) in [6.07, 6.45) is 7.12. The van der Waals surface area contributed by atoms with Crippen LogP contribution in [0.3, 0.4) is 0 Å². The van der Waals surface area contributed by atoms with E-state index in [0.717, 1.165) is 56.8 Å². The first-order chi connectivity index (χ1) is 15.7. The summed E-state index contributed by atoms with van der Waals surface area (Å²) in [7, 11) is 0. The number of hydrogen-bond acceptors (Lipinski definition) is 4. The van der Waals surface area contributed by atoms with Gasteiger partial charge in [0, 0.05) is 50.0 Å². The lowest BCUT2D eigenvalue weighted by atomic mass is 10.1. The molecule has 4 rings (SSSR count). The molecule has 0 saturated carbocycles. The number of nitrogens with one attached hydrogen (secondary N) is 1. The molecule has 2 heterocycles. The molecule has 32 heavy (non-hydrogen) atoms. The molecule has 0 spiro atoms. The lowest BCUT2D eigenvalue weighted by Crippen LogP contribution is -2.39. The molecule has 3 aromatic rings. The molecular formula is C26H32N4O2. The summed E-state index contributed by atoms with van der Waals surface area (Å²) in [4.78, 5) is 14.9. The molecule has 2 aromatic carbocycles. The maximum absolute atomic E-state index is 12.4. The van der Waals surface area contributed by atoms with Crippen molar-refractivity contribution in [2.75, 3.05) is 19.6 Å². The minimum Gasteiger partial charge on any atom is -0.490 e. The van der Waals surface area contributed by atoms with Gasteiger partial charge in [-0.3, -0.25) is 9.48 Å². The molecule has 0 radical (unpaired) electrons. The second-order valence-electron chi connectivity index (χ2n) is 8.31. The van der Waals surface area contributed by atoms with Crippen molar-refractivity contribution in [3.63, 3.8) is 0 Å². The zero-order valence-corrected chi connectivity index (χ0v) is 18.7. The second-order valence-corrected chi connectivity index (χ2v) is 8.31. The van der Waals surface area contributed by atoms with Crippen molar-refractivity contribution in [3.8, 4) is 5.75 Å². The monoisotopic (exact) mass is 432 g/mol. The Morgan fingerprint density at radius 2 is 1.81 bits per heavy atom. The van der Waals surface area contributed by atoms with Crippen LogP contribution in [0.25, 0.3) is 0 Å². The van der Waals surface area contributed by atoms with Gasteiger partial charge in [-0.25, -0.2) is 0 Å². The fourth-order valence-corrected chi connectivity index (χ4v) is 4.01. The molecule has 1 saturated heterocycles. The SMILES string of the molecule is CCn1cc(CNC(=O)c2ccc(OC3CCN(CCc4ccccc4)CC3)cc2)cn1. The molecule has 0 aliphatic carbocycles. The van der Waals surface area contributed by atoms with E-state index < -0.39 is 0 Å². The number of rotatable bonds is 9. The number of aromatic nitrogens is 2. The largest absolute Gasteiger partial charge is 0.490 e. The van der Waals surface area contributed by atoms with Crippen LogP contribution in [0, 0.1) is 0 Å². The van der Waals surface area contributed by atoms with Gasteiger partial charge in [0.25, 0.3) is 5.91 Å². The van der Waals surface area contributed by atoms with Gasteiger partial charge in [0.05, 0.1) is 6.20 Å². The molecule has 1 fully saturated rings. The Labute approximate surface area is 190 Å². The predicted octanol–water partition coefficient (Wildman–Crippen LogP) is 3.92. The molecule has 1 aromatic heterocycles. The highest BCUT2D eigenvalue weighted by Crippen LogP contribution is 2.20. The highest BCUT2D eigenvalue weighted by Gasteiger charge is 2.20. The molecule has 6 nitrogen and oxygen atoms in total. The predicted molar refractivity (Wildman–Crippen MR) is 126 cm³/mol. The number of likely N-dealkylation sites (tertiary alicyclic amines) is 1. The number of amides is 1. The van der Waals surface area contributed by atoms with E-state index in [-0.39, 0.29) is 12.0 Å². The molecule has 1 N–H and O–H groups in total. The summed E-state index contributed by atoms with van der Waals surface area (Å²) in [5.74, 6) is 0.737. The summed E-state index contributed by atoms with van der Waals surface area (Å²) in [6.45, 7) is 6.55. The molecule has 6 heteroatoms. The van der Waals surface area contributed by atoms with Crippen molar-refractivity contribution >= 4 is 5.91 Å². The van der Waals surface area contributed by atoms with E-state index in [2.05, 4.69) is 45.6 Å². The molecule has 0 unspecified atom stereocenters. The summed E-state index contributed by atoms with van der Waals surface area (Å²) in [6, 6.07) is 18.1. The van der Waals surface area contributed by atoms with Crippen LogP contribution in [0.4, 0.5) is 0 Å². The average Bonchev–Trinajstić information content (AvgIpc) is 3.31. The summed E-state index contributed by atoms with van der Waals surface area (Å²) in [5.41, 5.74) is 3.03. The van der Waals surface area contributed by atoms with E-state index in [1.54, 1.807) is 6.20 Å². The normalized spacial score (nSPS) is 14.9. The number of piperidine rings is 1. The van der Waals surface area contributed by atoms with Crippen molar-refractivity contribution in [1.29, 1.82) is 0 Å². The Kier molecular flexibility index (Phi) is 7.56.